The van der Waals surface area contributed by atoms with E-state index in [0.29, 0.717) is 0 Å². The van der Waals surface area contributed by atoms with Crippen LogP contribution >= 0.6 is 0 Å². The van der Waals surface area contributed by atoms with Gasteiger partial charge in [0.15, 0.2) is 0 Å². The van der Waals surface area contributed by atoms with Crippen LogP contribution in [0.3, 0.4) is 0 Å². The first-order chi connectivity index (χ1) is 22.8. The first-order valence-corrected chi connectivity index (χ1v) is 15.7. The number of hydrogen-bond donors (Lipinski definition) is 0. The van der Waals surface area contributed by atoms with E-state index in [1.54, 1.807) is 0 Å². The molecule has 1 aliphatic carbocycles. The maximum atomic E-state index is 6.86. The third kappa shape index (κ3) is 4.38. The van der Waals surface area contributed by atoms with Crippen LogP contribution in [0.4, 0.5) is 0 Å². The highest BCUT2D eigenvalue weighted by Gasteiger charge is 2.21. The predicted molar refractivity (Wildman–Crippen MR) is 189 cm³/mol. The number of hydrogen-bond acceptors (Lipinski definition) is 3. The molecule has 1 aliphatic rings. The van der Waals surface area contributed by atoms with Gasteiger partial charge in [-0.3, -0.25) is 9.55 Å². The molecule has 9 rings (SSSR count). The van der Waals surface area contributed by atoms with Crippen molar-refractivity contribution in [3.63, 3.8) is 0 Å². The number of rotatable bonds is 5. The maximum Gasteiger partial charge on any atom is 0.142 e. The highest BCUT2D eigenvalue weighted by Crippen LogP contribution is 2.44. The minimum atomic E-state index is 0.775. The number of aromatic nitrogens is 3. The van der Waals surface area contributed by atoms with E-state index in [1.165, 1.54) is 27.5 Å². The Morgan fingerprint density at radius 3 is 2.24 bits per heavy atom. The Bertz CT molecular complexity index is 2450. The number of pyridine rings is 1. The highest BCUT2D eigenvalue weighted by atomic mass is 16.5. The first kappa shape index (κ1) is 26.4. The first-order valence-electron chi connectivity index (χ1n) is 15.7. The fourth-order valence-corrected chi connectivity index (χ4v) is 6.85. The van der Waals surface area contributed by atoms with Gasteiger partial charge in [-0.05, 0) is 81.8 Å². The quantitative estimate of drug-likeness (QED) is 0.187. The van der Waals surface area contributed by atoms with E-state index < -0.39 is 0 Å². The van der Waals surface area contributed by atoms with E-state index in [9.17, 15) is 0 Å². The number of benzene rings is 6. The molecular weight excluding hydrogens is 562 g/mol. The molecule has 0 saturated heterocycles. The number of nitrogens with zero attached hydrogens (tertiary/aromatic N) is 3. The molecule has 218 valence electrons. The molecule has 8 aromatic rings. The summed E-state index contributed by atoms with van der Waals surface area (Å²) in [6, 6.07) is 44.7. The van der Waals surface area contributed by atoms with Gasteiger partial charge in [0.25, 0.3) is 0 Å². The zero-order chi connectivity index (χ0) is 30.5. The van der Waals surface area contributed by atoms with E-state index in [1.807, 2.05) is 24.5 Å². The third-order valence-electron chi connectivity index (χ3n) is 9.02. The fraction of sp³-hybridized carbons (Fsp3) is 0.0476. The molecule has 0 amide bonds. The SMILES string of the molecule is C1=C(Oc2c3ccccc3c(-c3ccc4ccccc4c3)c3cnccc23)CCC(c2nc3ccccc3n2-c2ccccc2)=C1. The van der Waals surface area contributed by atoms with E-state index in [4.69, 9.17) is 9.72 Å². The van der Waals surface area contributed by atoms with E-state index in [2.05, 4.69) is 137 Å². The summed E-state index contributed by atoms with van der Waals surface area (Å²) >= 11 is 0. The normalized spacial score (nSPS) is 13.3. The van der Waals surface area contributed by atoms with Gasteiger partial charge in [-0.25, -0.2) is 4.98 Å². The van der Waals surface area contributed by atoms with E-state index in [0.717, 1.165) is 68.4 Å². The van der Waals surface area contributed by atoms with Crippen LogP contribution in [0.25, 0.3) is 65.7 Å². The largest absolute Gasteiger partial charge is 0.460 e. The topological polar surface area (TPSA) is 39.9 Å². The molecule has 0 N–H and O–H groups in total. The lowest BCUT2D eigenvalue weighted by Gasteiger charge is -2.20. The van der Waals surface area contributed by atoms with Crippen molar-refractivity contribution in [2.45, 2.75) is 12.8 Å². The molecule has 4 nitrogen and oxygen atoms in total. The molecular formula is C42H29N3O. The summed E-state index contributed by atoms with van der Waals surface area (Å²) in [7, 11) is 0. The number of imidazole rings is 1. The molecule has 0 spiro atoms. The summed E-state index contributed by atoms with van der Waals surface area (Å²) in [5, 5.41) is 6.82. The van der Waals surface area contributed by atoms with Gasteiger partial charge in [0, 0.05) is 40.7 Å². The second-order valence-corrected chi connectivity index (χ2v) is 11.8. The number of para-hydroxylation sites is 3. The summed E-state index contributed by atoms with van der Waals surface area (Å²) in [4.78, 5) is 9.64. The average molecular weight is 592 g/mol. The van der Waals surface area contributed by atoms with Crippen LogP contribution in [0.5, 0.6) is 5.75 Å². The minimum Gasteiger partial charge on any atom is -0.460 e. The smallest absolute Gasteiger partial charge is 0.142 e. The van der Waals surface area contributed by atoms with Crippen molar-refractivity contribution in [2.24, 2.45) is 0 Å². The van der Waals surface area contributed by atoms with Crippen molar-refractivity contribution >= 4 is 48.9 Å². The fourth-order valence-electron chi connectivity index (χ4n) is 6.85. The Balaban J connectivity index is 1.15. The summed E-state index contributed by atoms with van der Waals surface area (Å²) < 4.78 is 9.13. The van der Waals surface area contributed by atoms with Gasteiger partial charge >= 0.3 is 0 Å². The highest BCUT2D eigenvalue weighted by molar-refractivity contribution is 6.17. The van der Waals surface area contributed by atoms with Gasteiger partial charge in [0.2, 0.25) is 0 Å². The van der Waals surface area contributed by atoms with Crippen LogP contribution in [0.1, 0.15) is 18.7 Å². The molecule has 2 heterocycles. The monoisotopic (exact) mass is 591 g/mol. The van der Waals surface area contributed by atoms with Crippen LogP contribution in [-0.2, 0) is 0 Å². The van der Waals surface area contributed by atoms with Crippen molar-refractivity contribution in [3.8, 4) is 22.6 Å². The maximum absolute atomic E-state index is 6.86. The second-order valence-electron chi connectivity index (χ2n) is 11.8. The molecule has 4 heteroatoms. The van der Waals surface area contributed by atoms with E-state index >= 15 is 0 Å². The Labute approximate surface area is 266 Å². The van der Waals surface area contributed by atoms with Crippen molar-refractivity contribution in [2.75, 3.05) is 0 Å². The average Bonchev–Trinajstić information content (AvgIpc) is 3.52. The summed E-state index contributed by atoms with van der Waals surface area (Å²) in [6.45, 7) is 0. The van der Waals surface area contributed by atoms with Gasteiger partial charge in [-0.1, -0.05) is 97.1 Å². The predicted octanol–water partition coefficient (Wildman–Crippen LogP) is 10.7. The minimum absolute atomic E-state index is 0.775. The molecule has 0 bridgehead atoms. The number of fused-ring (bicyclic) bond motifs is 4. The lowest BCUT2D eigenvalue weighted by Crippen LogP contribution is -2.05. The van der Waals surface area contributed by atoms with Crippen LogP contribution < -0.4 is 4.74 Å². The number of allylic oxidation sites excluding steroid dienone is 4. The molecule has 0 atom stereocenters. The van der Waals surface area contributed by atoms with Crippen molar-refractivity contribution in [1.29, 1.82) is 0 Å². The molecule has 46 heavy (non-hydrogen) atoms. The Morgan fingerprint density at radius 2 is 1.37 bits per heavy atom. The Morgan fingerprint density at radius 1 is 0.609 bits per heavy atom. The Hall–Kier alpha value is -6.00. The van der Waals surface area contributed by atoms with Crippen LogP contribution in [0.2, 0.25) is 0 Å². The molecule has 2 aromatic heterocycles. The molecule has 6 aromatic carbocycles. The zero-order valence-corrected chi connectivity index (χ0v) is 25.1. The second kappa shape index (κ2) is 10.9. The van der Waals surface area contributed by atoms with Crippen LogP contribution in [-0.4, -0.2) is 14.5 Å². The van der Waals surface area contributed by atoms with Crippen molar-refractivity contribution in [3.05, 3.63) is 164 Å². The molecule has 0 fully saturated rings. The van der Waals surface area contributed by atoms with Crippen LogP contribution in [0, 0.1) is 0 Å². The summed E-state index contributed by atoms with van der Waals surface area (Å²) in [6.07, 6.45) is 9.73. The van der Waals surface area contributed by atoms with Crippen LogP contribution in [0.15, 0.2) is 158 Å². The van der Waals surface area contributed by atoms with Gasteiger partial charge in [0.05, 0.1) is 11.0 Å². The van der Waals surface area contributed by atoms with E-state index in [-0.39, 0.29) is 0 Å². The number of ether oxygens (including phenoxy) is 1. The standard InChI is InChI=1S/C42H29N3O/c1-2-12-32(13-3-1)45-39-17-9-8-16-38(39)44-42(45)29-20-22-33(23-21-29)46-41-35-15-7-6-14-34(35)40(37-27-43-25-24-36(37)41)31-19-18-28-10-4-5-11-30(28)26-31/h1-20,22,24-27H,21,23H2. The van der Waals surface area contributed by atoms with Crippen molar-refractivity contribution in [1.82, 2.24) is 14.5 Å². The summed E-state index contributed by atoms with van der Waals surface area (Å²) in [5.41, 5.74) is 6.75. The molecule has 0 saturated carbocycles. The summed E-state index contributed by atoms with van der Waals surface area (Å²) in [5.74, 6) is 2.79. The Kier molecular flexibility index (Phi) is 6.24. The van der Waals surface area contributed by atoms with Gasteiger partial charge in [-0.2, -0.15) is 0 Å². The molecule has 0 unspecified atom stereocenters. The molecule has 0 aliphatic heterocycles. The lowest BCUT2D eigenvalue weighted by atomic mass is 9.91. The van der Waals surface area contributed by atoms with Gasteiger partial charge < -0.3 is 4.74 Å². The molecule has 0 radical (unpaired) electrons. The third-order valence-corrected chi connectivity index (χ3v) is 9.02. The van der Waals surface area contributed by atoms with Gasteiger partial charge in [-0.15, -0.1) is 0 Å². The van der Waals surface area contributed by atoms with Gasteiger partial charge in [0.1, 0.15) is 17.3 Å². The zero-order valence-electron chi connectivity index (χ0n) is 25.1. The van der Waals surface area contributed by atoms with Crippen molar-refractivity contribution < 1.29 is 4.74 Å². The lowest BCUT2D eigenvalue weighted by molar-refractivity contribution is 0.412.